The summed E-state index contributed by atoms with van der Waals surface area (Å²) in [5, 5.41) is 2.65. The van der Waals surface area contributed by atoms with E-state index < -0.39 is 0 Å². The van der Waals surface area contributed by atoms with Crippen LogP contribution < -0.4 is 5.32 Å². The van der Waals surface area contributed by atoms with Gasteiger partial charge in [0.2, 0.25) is 5.91 Å². The molecule has 3 heteroatoms. The average Bonchev–Trinajstić information content (AvgIpc) is 2.01. The van der Waals surface area contributed by atoms with Crippen molar-refractivity contribution in [2.75, 3.05) is 27.7 Å². The summed E-state index contributed by atoms with van der Waals surface area (Å²) < 4.78 is 0.620. The van der Waals surface area contributed by atoms with E-state index in [4.69, 9.17) is 0 Å². The smallest absolute Gasteiger partial charge is 0.243 e. The highest BCUT2D eigenvalue weighted by molar-refractivity contribution is 5.86. The Balaban J connectivity index is 3.61. The van der Waals surface area contributed by atoms with Crippen LogP contribution in [0, 0.1) is 12.0 Å². The Hall–Kier alpha value is -1.27. The first-order valence-corrected chi connectivity index (χ1v) is 4.17. The fourth-order valence-electron chi connectivity index (χ4n) is 0.613. The van der Waals surface area contributed by atoms with Crippen molar-refractivity contribution in [3.8, 4) is 12.0 Å². The molecule has 0 aliphatic rings. The lowest BCUT2D eigenvalue weighted by Crippen LogP contribution is -2.27. The van der Waals surface area contributed by atoms with Gasteiger partial charge in [0.25, 0.3) is 0 Å². The van der Waals surface area contributed by atoms with Crippen LogP contribution in [0.3, 0.4) is 0 Å². The van der Waals surface area contributed by atoms with Gasteiger partial charge in [-0.05, 0) is 12.0 Å². The highest BCUT2D eigenvalue weighted by Gasteiger charge is 1.98. The Labute approximate surface area is 80.0 Å². The predicted molar refractivity (Wildman–Crippen MR) is 53.6 cm³/mol. The second kappa shape index (κ2) is 5.39. The van der Waals surface area contributed by atoms with Gasteiger partial charge < -0.3 is 5.32 Å². The lowest BCUT2D eigenvalue weighted by Gasteiger charge is -2.12. The molecule has 13 heavy (non-hydrogen) atoms. The number of hydrogen-bond donors (Lipinski definition) is 1. The van der Waals surface area contributed by atoms with Gasteiger partial charge in [-0.1, -0.05) is 6.58 Å². The molecule has 0 bridgehead atoms. The van der Waals surface area contributed by atoms with Gasteiger partial charge in [0.1, 0.15) is 6.04 Å². The Kier molecular flexibility index (Phi) is 4.86. The molecule has 1 N–H and O–H groups in total. The Morgan fingerprint density at radius 1 is 1.54 bits per heavy atom. The van der Waals surface area contributed by atoms with E-state index in [0.717, 1.165) is 0 Å². The van der Waals surface area contributed by atoms with Crippen LogP contribution in [0.2, 0.25) is 0 Å². The zero-order chi connectivity index (χ0) is 10.3. The van der Waals surface area contributed by atoms with Crippen molar-refractivity contribution in [1.82, 2.24) is 5.32 Å². The van der Waals surface area contributed by atoms with E-state index in [9.17, 15) is 4.79 Å². The minimum absolute atomic E-state index is 0.146. The van der Waals surface area contributed by atoms with Crippen molar-refractivity contribution >= 4 is 5.91 Å². The summed E-state index contributed by atoms with van der Waals surface area (Å²) in [5.74, 6) is 2.83. The SMILES string of the molecule is C=CC(=O)NCCC#C[N+](C)(C)C. The molecule has 0 radical (unpaired) electrons. The van der Waals surface area contributed by atoms with Crippen LogP contribution in [0.1, 0.15) is 6.42 Å². The van der Waals surface area contributed by atoms with Crippen molar-refractivity contribution in [1.29, 1.82) is 0 Å². The van der Waals surface area contributed by atoms with Gasteiger partial charge in [-0.3, -0.25) is 9.28 Å². The molecule has 0 aliphatic carbocycles. The van der Waals surface area contributed by atoms with E-state index in [0.29, 0.717) is 17.4 Å². The molecule has 72 valence electrons. The van der Waals surface area contributed by atoms with E-state index in [-0.39, 0.29) is 5.91 Å². The molecule has 0 heterocycles. The summed E-state index contributed by atoms with van der Waals surface area (Å²) in [7, 11) is 5.99. The second-order valence-corrected chi connectivity index (χ2v) is 3.55. The number of hydrogen-bond acceptors (Lipinski definition) is 1. The molecular formula is C10H17N2O+. The van der Waals surface area contributed by atoms with Crippen molar-refractivity contribution in [3.63, 3.8) is 0 Å². The zero-order valence-electron chi connectivity index (χ0n) is 8.55. The van der Waals surface area contributed by atoms with Crippen LogP contribution in [-0.4, -0.2) is 38.1 Å². The normalized spacial score (nSPS) is 9.77. The van der Waals surface area contributed by atoms with Crippen LogP contribution in [0.25, 0.3) is 0 Å². The minimum atomic E-state index is -0.146. The van der Waals surface area contributed by atoms with Crippen LogP contribution >= 0.6 is 0 Å². The number of nitrogens with zero attached hydrogens (tertiary/aromatic N) is 1. The lowest BCUT2D eigenvalue weighted by atomic mass is 10.4. The molecule has 0 aromatic rings. The molecule has 0 atom stereocenters. The average molecular weight is 181 g/mol. The maximum atomic E-state index is 10.7. The molecule has 0 unspecified atom stereocenters. The van der Waals surface area contributed by atoms with Gasteiger partial charge in [-0.15, -0.1) is 0 Å². The first-order valence-electron chi connectivity index (χ1n) is 4.17. The van der Waals surface area contributed by atoms with Gasteiger partial charge in [0, 0.05) is 13.0 Å². The van der Waals surface area contributed by atoms with E-state index >= 15 is 0 Å². The third-order valence-electron chi connectivity index (χ3n) is 1.15. The maximum absolute atomic E-state index is 10.7. The summed E-state index contributed by atoms with van der Waals surface area (Å²) in [5.41, 5.74) is 0. The molecular weight excluding hydrogens is 164 g/mol. The standard InChI is InChI=1S/C10H16N2O/c1-5-10(13)11-8-6-7-9-12(2,3)4/h5H,1,6,8H2,2-4H3/p+1. The number of carbonyl (C=O) groups excluding carboxylic acids is 1. The van der Waals surface area contributed by atoms with Gasteiger partial charge >= 0.3 is 0 Å². The minimum Gasteiger partial charge on any atom is -0.352 e. The van der Waals surface area contributed by atoms with Crippen LogP contribution in [0.15, 0.2) is 12.7 Å². The summed E-state index contributed by atoms with van der Waals surface area (Å²) >= 11 is 0. The first kappa shape index (κ1) is 11.7. The molecule has 0 rings (SSSR count). The highest BCUT2D eigenvalue weighted by atomic mass is 16.1. The van der Waals surface area contributed by atoms with Crippen molar-refractivity contribution in [2.24, 2.45) is 0 Å². The van der Waals surface area contributed by atoms with Gasteiger partial charge in [0.05, 0.1) is 21.1 Å². The number of rotatable bonds is 3. The fraction of sp³-hybridized carbons (Fsp3) is 0.500. The number of nitrogens with one attached hydrogen (secondary N) is 1. The Morgan fingerprint density at radius 2 is 2.15 bits per heavy atom. The molecule has 3 nitrogen and oxygen atoms in total. The molecule has 0 aliphatic heterocycles. The fourth-order valence-corrected chi connectivity index (χ4v) is 0.613. The Bertz CT molecular complexity index is 240. The van der Waals surface area contributed by atoms with E-state index in [1.165, 1.54) is 6.08 Å². The van der Waals surface area contributed by atoms with Crippen LogP contribution in [0.4, 0.5) is 0 Å². The predicted octanol–water partition coefficient (Wildman–Crippen LogP) is 0.346. The van der Waals surface area contributed by atoms with Crippen molar-refractivity contribution in [2.45, 2.75) is 6.42 Å². The summed E-state index contributed by atoms with van der Waals surface area (Å²) in [6, 6.07) is 3.02. The highest BCUT2D eigenvalue weighted by Crippen LogP contribution is 1.84. The van der Waals surface area contributed by atoms with Gasteiger partial charge in [0.15, 0.2) is 0 Å². The molecule has 0 fully saturated rings. The second-order valence-electron chi connectivity index (χ2n) is 3.55. The zero-order valence-corrected chi connectivity index (χ0v) is 8.55. The molecule has 0 saturated heterocycles. The number of quaternary nitrogens is 1. The van der Waals surface area contributed by atoms with E-state index in [1.807, 2.05) is 21.1 Å². The van der Waals surface area contributed by atoms with Gasteiger partial charge in [-0.2, -0.15) is 0 Å². The first-order chi connectivity index (χ1) is 5.95. The largest absolute Gasteiger partial charge is 0.352 e. The summed E-state index contributed by atoms with van der Waals surface area (Å²) in [4.78, 5) is 10.7. The van der Waals surface area contributed by atoms with Crippen molar-refractivity contribution in [3.05, 3.63) is 12.7 Å². The van der Waals surface area contributed by atoms with E-state index in [2.05, 4.69) is 23.9 Å². The molecule has 0 spiro atoms. The lowest BCUT2D eigenvalue weighted by molar-refractivity contribution is -0.800. The third-order valence-corrected chi connectivity index (χ3v) is 1.15. The molecule has 1 amide bonds. The molecule has 0 aromatic heterocycles. The molecule has 0 saturated carbocycles. The topological polar surface area (TPSA) is 29.1 Å². The van der Waals surface area contributed by atoms with Crippen molar-refractivity contribution < 1.29 is 9.28 Å². The molecule has 0 aromatic carbocycles. The summed E-state index contributed by atoms with van der Waals surface area (Å²) in [6.07, 6.45) is 1.93. The van der Waals surface area contributed by atoms with Crippen LogP contribution in [0.5, 0.6) is 0 Å². The number of carbonyl (C=O) groups is 1. The summed E-state index contributed by atoms with van der Waals surface area (Å²) in [6.45, 7) is 3.93. The Morgan fingerprint density at radius 3 is 2.62 bits per heavy atom. The van der Waals surface area contributed by atoms with Gasteiger partial charge in [-0.25, -0.2) is 0 Å². The monoisotopic (exact) mass is 181 g/mol. The van der Waals surface area contributed by atoms with Crippen LogP contribution in [-0.2, 0) is 4.79 Å². The maximum Gasteiger partial charge on any atom is 0.243 e. The number of amides is 1. The third kappa shape index (κ3) is 8.64. The van der Waals surface area contributed by atoms with E-state index in [1.54, 1.807) is 0 Å². The quantitative estimate of drug-likeness (QED) is 0.289.